The highest BCUT2D eigenvalue weighted by molar-refractivity contribution is 5.79. The van der Waals surface area contributed by atoms with E-state index in [1.54, 1.807) is 20.0 Å². The van der Waals surface area contributed by atoms with Crippen molar-refractivity contribution in [3.63, 3.8) is 0 Å². The van der Waals surface area contributed by atoms with Crippen LogP contribution in [0.15, 0.2) is 10.6 Å². The molecule has 20 heavy (non-hydrogen) atoms. The molecular formula is C13H19N3O4. The molecule has 0 bridgehead atoms. The summed E-state index contributed by atoms with van der Waals surface area (Å²) in [5.74, 6) is 0.227. The molecule has 1 aliphatic carbocycles. The molecule has 110 valence electrons. The first-order valence-corrected chi connectivity index (χ1v) is 6.61. The van der Waals surface area contributed by atoms with E-state index in [2.05, 4.69) is 15.6 Å². The predicted molar refractivity (Wildman–Crippen MR) is 70.0 cm³/mol. The number of carbonyl (C=O) groups is 2. The molecular weight excluding hydrogens is 262 g/mol. The number of oxazole rings is 1. The molecule has 1 heterocycles. The van der Waals surface area contributed by atoms with E-state index in [1.807, 2.05) is 0 Å². The Bertz CT molecular complexity index is 513. The van der Waals surface area contributed by atoms with Crippen LogP contribution in [0.25, 0.3) is 0 Å². The minimum absolute atomic E-state index is 0.177. The summed E-state index contributed by atoms with van der Waals surface area (Å²) in [5, 5.41) is 14.6. The van der Waals surface area contributed by atoms with Crippen molar-refractivity contribution < 1.29 is 19.1 Å². The van der Waals surface area contributed by atoms with E-state index in [-0.39, 0.29) is 12.6 Å². The highest BCUT2D eigenvalue weighted by Gasteiger charge is 2.45. The average Bonchev–Trinajstić information content (AvgIpc) is 2.95. The second-order valence-electron chi connectivity index (χ2n) is 5.36. The van der Waals surface area contributed by atoms with Crippen molar-refractivity contribution in [2.75, 3.05) is 0 Å². The topological polar surface area (TPSA) is 104 Å². The molecule has 1 aromatic heterocycles. The summed E-state index contributed by atoms with van der Waals surface area (Å²) >= 11 is 0. The van der Waals surface area contributed by atoms with Crippen molar-refractivity contribution in [1.82, 2.24) is 15.6 Å². The molecule has 2 atom stereocenters. The fourth-order valence-electron chi connectivity index (χ4n) is 2.50. The van der Waals surface area contributed by atoms with Crippen LogP contribution in [0.5, 0.6) is 0 Å². The van der Waals surface area contributed by atoms with Crippen molar-refractivity contribution in [2.45, 2.75) is 45.7 Å². The predicted octanol–water partition coefficient (Wildman–Crippen LogP) is 1.43. The fourth-order valence-corrected chi connectivity index (χ4v) is 2.50. The van der Waals surface area contributed by atoms with Crippen LogP contribution in [0.2, 0.25) is 0 Å². The number of aryl methyl sites for hydroxylation is 1. The average molecular weight is 281 g/mol. The van der Waals surface area contributed by atoms with Gasteiger partial charge in [0.25, 0.3) is 0 Å². The molecule has 1 saturated carbocycles. The second-order valence-corrected chi connectivity index (χ2v) is 5.36. The lowest BCUT2D eigenvalue weighted by Crippen LogP contribution is -2.50. The molecule has 0 radical (unpaired) electrons. The molecule has 0 spiro atoms. The van der Waals surface area contributed by atoms with Gasteiger partial charge in [-0.3, -0.25) is 4.79 Å². The van der Waals surface area contributed by atoms with Gasteiger partial charge in [-0.25, -0.2) is 9.78 Å². The first-order chi connectivity index (χ1) is 9.41. The molecule has 7 nitrogen and oxygen atoms in total. The van der Waals surface area contributed by atoms with Crippen molar-refractivity contribution in [3.8, 4) is 0 Å². The molecule has 2 unspecified atom stereocenters. The van der Waals surface area contributed by atoms with Gasteiger partial charge in [0, 0.05) is 6.04 Å². The van der Waals surface area contributed by atoms with Crippen LogP contribution in [0.3, 0.4) is 0 Å². The molecule has 1 aliphatic rings. The van der Waals surface area contributed by atoms with E-state index in [1.165, 1.54) is 0 Å². The fraction of sp³-hybridized carbons (Fsp3) is 0.615. The van der Waals surface area contributed by atoms with E-state index in [9.17, 15) is 14.7 Å². The van der Waals surface area contributed by atoms with Gasteiger partial charge in [0.2, 0.25) is 5.89 Å². The summed E-state index contributed by atoms with van der Waals surface area (Å²) in [4.78, 5) is 27.1. The first kappa shape index (κ1) is 14.4. The Balaban J connectivity index is 1.86. The molecule has 0 aliphatic heterocycles. The lowest BCUT2D eigenvalue weighted by molar-refractivity contribution is -0.148. The van der Waals surface area contributed by atoms with Crippen LogP contribution in [0.4, 0.5) is 4.79 Å². The maximum atomic E-state index is 11.8. The van der Waals surface area contributed by atoms with Gasteiger partial charge < -0.3 is 20.2 Å². The maximum Gasteiger partial charge on any atom is 0.315 e. The summed E-state index contributed by atoms with van der Waals surface area (Å²) in [6.45, 7) is 3.62. The molecule has 7 heteroatoms. The largest absolute Gasteiger partial charge is 0.481 e. The first-order valence-electron chi connectivity index (χ1n) is 6.61. The molecule has 0 aromatic carbocycles. The smallest absolute Gasteiger partial charge is 0.315 e. The SMILES string of the molecule is Cc1cnc(CNC(=O)NC2CCCC2(C)C(=O)O)o1. The van der Waals surface area contributed by atoms with Crippen molar-refractivity contribution in [3.05, 3.63) is 17.8 Å². The molecule has 2 amide bonds. The van der Waals surface area contributed by atoms with Crippen LogP contribution in [-0.4, -0.2) is 28.1 Å². The zero-order valence-corrected chi connectivity index (χ0v) is 11.6. The number of carbonyl (C=O) groups excluding carboxylic acids is 1. The van der Waals surface area contributed by atoms with E-state index < -0.39 is 17.4 Å². The van der Waals surface area contributed by atoms with Crippen LogP contribution in [0, 0.1) is 12.3 Å². The highest BCUT2D eigenvalue weighted by Crippen LogP contribution is 2.38. The van der Waals surface area contributed by atoms with Gasteiger partial charge in [0.15, 0.2) is 0 Å². The van der Waals surface area contributed by atoms with E-state index in [4.69, 9.17) is 4.42 Å². The molecule has 1 fully saturated rings. The van der Waals surface area contributed by atoms with Gasteiger partial charge in [-0.2, -0.15) is 0 Å². The number of urea groups is 1. The monoisotopic (exact) mass is 281 g/mol. The Morgan fingerprint density at radius 3 is 2.95 bits per heavy atom. The number of aromatic nitrogens is 1. The minimum Gasteiger partial charge on any atom is -0.481 e. The van der Waals surface area contributed by atoms with Gasteiger partial charge in [0.05, 0.1) is 18.2 Å². The summed E-state index contributed by atoms with van der Waals surface area (Å²) in [6, 6.07) is -0.758. The number of nitrogens with zero attached hydrogens (tertiary/aromatic N) is 1. The van der Waals surface area contributed by atoms with Crippen LogP contribution in [-0.2, 0) is 11.3 Å². The van der Waals surface area contributed by atoms with Gasteiger partial charge in [-0.05, 0) is 26.7 Å². The van der Waals surface area contributed by atoms with Crippen LogP contribution in [0.1, 0.15) is 37.8 Å². The number of amides is 2. The number of hydrogen-bond acceptors (Lipinski definition) is 4. The van der Waals surface area contributed by atoms with Gasteiger partial charge in [-0.1, -0.05) is 6.42 Å². The standard InChI is InChI=1S/C13H19N3O4/c1-8-6-14-10(20-8)7-15-12(19)16-9-4-3-5-13(9,2)11(17)18/h6,9H,3-5,7H2,1-2H3,(H,17,18)(H2,15,16,19). The Morgan fingerprint density at radius 2 is 2.35 bits per heavy atom. The highest BCUT2D eigenvalue weighted by atomic mass is 16.4. The number of aliphatic carboxylic acids is 1. The summed E-state index contributed by atoms with van der Waals surface area (Å²) in [6.07, 6.45) is 3.63. The van der Waals surface area contributed by atoms with Crippen LogP contribution >= 0.6 is 0 Å². The third kappa shape index (κ3) is 2.92. The Morgan fingerprint density at radius 1 is 1.60 bits per heavy atom. The minimum atomic E-state index is -0.892. The number of hydrogen-bond donors (Lipinski definition) is 3. The molecule has 3 N–H and O–H groups in total. The van der Waals surface area contributed by atoms with Gasteiger partial charge in [-0.15, -0.1) is 0 Å². The summed E-state index contributed by atoms with van der Waals surface area (Å²) in [7, 11) is 0. The van der Waals surface area contributed by atoms with Gasteiger partial charge >= 0.3 is 12.0 Å². The zero-order valence-electron chi connectivity index (χ0n) is 11.6. The van der Waals surface area contributed by atoms with Crippen molar-refractivity contribution in [2.24, 2.45) is 5.41 Å². The molecule has 2 rings (SSSR count). The normalized spacial score (nSPS) is 25.4. The zero-order chi connectivity index (χ0) is 14.8. The lowest BCUT2D eigenvalue weighted by atomic mass is 9.85. The summed E-state index contributed by atoms with van der Waals surface area (Å²) < 4.78 is 5.24. The summed E-state index contributed by atoms with van der Waals surface area (Å²) in [5.41, 5.74) is -0.892. The number of carboxylic acids is 1. The molecule has 1 aromatic rings. The number of carboxylic acid groups (broad SMARTS) is 1. The van der Waals surface area contributed by atoms with Gasteiger partial charge in [0.1, 0.15) is 5.76 Å². The number of rotatable bonds is 4. The van der Waals surface area contributed by atoms with Crippen molar-refractivity contribution >= 4 is 12.0 Å². The van der Waals surface area contributed by atoms with E-state index in [0.29, 0.717) is 24.5 Å². The van der Waals surface area contributed by atoms with E-state index in [0.717, 1.165) is 6.42 Å². The van der Waals surface area contributed by atoms with E-state index >= 15 is 0 Å². The van der Waals surface area contributed by atoms with Crippen molar-refractivity contribution in [1.29, 1.82) is 0 Å². The lowest BCUT2D eigenvalue weighted by Gasteiger charge is -2.27. The molecule has 0 saturated heterocycles. The Kier molecular flexibility index (Phi) is 3.96. The Labute approximate surface area is 116 Å². The third-order valence-electron chi connectivity index (χ3n) is 3.82. The second kappa shape index (κ2) is 5.52. The maximum absolute atomic E-state index is 11.8. The third-order valence-corrected chi connectivity index (χ3v) is 3.82. The Hall–Kier alpha value is -2.05. The van der Waals surface area contributed by atoms with Crippen LogP contribution < -0.4 is 10.6 Å². The quantitative estimate of drug-likeness (QED) is 0.774. The number of nitrogens with one attached hydrogen (secondary N) is 2.